The van der Waals surface area contributed by atoms with E-state index in [4.69, 9.17) is 16.3 Å². The van der Waals surface area contributed by atoms with Gasteiger partial charge in [0.15, 0.2) is 0 Å². The molecule has 0 spiro atoms. The third-order valence-corrected chi connectivity index (χ3v) is 2.63. The van der Waals surface area contributed by atoms with E-state index < -0.39 is 6.04 Å². The summed E-state index contributed by atoms with van der Waals surface area (Å²) in [6, 6.07) is 10.1. The second-order valence-corrected chi connectivity index (χ2v) is 4.01. The normalized spacial score (nSPS) is 11.4. The molecule has 0 aliphatic rings. The lowest BCUT2D eigenvalue weighted by Gasteiger charge is -2.22. The van der Waals surface area contributed by atoms with E-state index in [-0.39, 0.29) is 19.0 Å². The zero-order chi connectivity index (χ0) is 14.3. The second kappa shape index (κ2) is 7.00. The van der Waals surface area contributed by atoms with Gasteiger partial charge in [-0.3, -0.25) is 9.69 Å². The molecule has 0 radical (unpaired) electrons. The van der Waals surface area contributed by atoms with E-state index in [1.54, 1.807) is 31.2 Å². The van der Waals surface area contributed by atoms with Crippen molar-refractivity contribution >= 4 is 17.3 Å². The number of carbonyl (C=O) groups is 1. The minimum absolute atomic E-state index is 0.0269. The van der Waals surface area contributed by atoms with E-state index >= 15 is 0 Å². The Hall–Kier alpha value is -2.57. The number of nitrogens with zero attached hydrogens (tertiary/aromatic N) is 3. The van der Waals surface area contributed by atoms with Crippen LogP contribution in [0.3, 0.4) is 0 Å². The first-order chi connectivity index (χ1) is 9.08. The van der Waals surface area contributed by atoms with Crippen LogP contribution in [-0.2, 0) is 4.79 Å². The van der Waals surface area contributed by atoms with E-state index in [1.807, 2.05) is 12.1 Å². The second-order valence-electron chi connectivity index (χ2n) is 4.01. The summed E-state index contributed by atoms with van der Waals surface area (Å²) in [5.41, 5.74) is 6.76. The van der Waals surface area contributed by atoms with Crippen LogP contribution in [0.15, 0.2) is 24.3 Å². The number of nitrogens with one attached hydrogen (secondary N) is 1. The first-order valence-corrected chi connectivity index (χ1v) is 5.73. The summed E-state index contributed by atoms with van der Waals surface area (Å²) in [6.07, 6.45) is 0. The molecular weight excluding hydrogens is 242 g/mol. The van der Waals surface area contributed by atoms with Gasteiger partial charge in [0, 0.05) is 11.4 Å². The van der Waals surface area contributed by atoms with Crippen molar-refractivity contribution < 1.29 is 4.79 Å². The largest absolute Gasteiger partial charge is 0.399 e. The van der Waals surface area contributed by atoms with Crippen LogP contribution in [-0.4, -0.2) is 29.9 Å². The van der Waals surface area contributed by atoms with Gasteiger partial charge in [-0.25, -0.2) is 0 Å². The zero-order valence-electron chi connectivity index (χ0n) is 10.6. The highest BCUT2D eigenvalue weighted by molar-refractivity contribution is 5.94. The predicted octanol–water partition coefficient (Wildman–Crippen LogP) is 0.945. The van der Waals surface area contributed by atoms with Crippen molar-refractivity contribution in [3.63, 3.8) is 0 Å². The molecule has 1 amide bonds. The molecule has 1 atom stereocenters. The predicted molar refractivity (Wildman–Crippen MR) is 71.7 cm³/mol. The molecule has 1 unspecified atom stereocenters. The Morgan fingerprint density at radius 1 is 1.42 bits per heavy atom. The van der Waals surface area contributed by atoms with E-state index in [1.165, 1.54) is 4.90 Å². The first kappa shape index (κ1) is 14.5. The summed E-state index contributed by atoms with van der Waals surface area (Å²) in [6.45, 7) is 1.70. The fourth-order valence-corrected chi connectivity index (χ4v) is 1.54. The number of nitrogen functional groups attached to an aromatic ring is 1. The van der Waals surface area contributed by atoms with Crippen LogP contribution < -0.4 is 11.1 Å². The van der Waals surface area contributed by atoms with Gasteiger partial charge in [-0.2, -0.15) is 10.5 Å². The van der Waals surface area contributed by atoms with Crippen molar-refractivity contribution in [2.75, 3.05) is 24.1 Å². The first-order valence-electron chi connectivity index (χ1n) is 5.73. The van der Waals surface area contributed by atoms with Crippen LogP contribution in [0.1, 0.15) is 6.92 Å². The summed E-state index contributed by atoms with van der Waals surface area (Å²) < 4.78 is 0. The Morgan fingerprint density at radius 2 is 2.05 bits per heavy atom. The summed E-state index contributed by atoms with van der Waals surface area (Å²) in [5.74, 6) is -0.281. The monoisotopic (exact) mass is 257 g/mol. The molecule has 0 saturated heterocycles. The molecule has 0 heterocycles. The summed E-state index contributed by atoms with van der Waals surface area (Å²) in [4.78, 5) is 13.5. The summed E-state index contributed by atoms with van der Waals surface area (Å²) in [5, 5.41) is 20.0. The van der Waals surface area contributed by atoms with Gasteiger partial charge in [-0.1, -0.05) is 6.07 Å². The lowest BCUT2D eigenvalue weighted by Crippen LogP contribution is -2.42. The lowest BCUT2D eigenvalue weighted by molar-refractivity contribution is -0.120. The molecule has 0 bridgehead atoms. The van der Waals surface area contributed by atoms with Crippen LogP contribution in [0.2, 0.25) is 0 Å². The van der Waals surface area contributed by atoms with Crippen molar-refractivity contribution in [2.24, 2.45) is 0 Å². The number of nitriles is 2. The van der Waals surface area contributed by atoms with Crippen molar-refractivity contribution in [1.29, 1.82) is 10.5 Å². The summed E-state index contributed by atoms with van der Waals surface area (Å²) in [7, 11) is 0. The van der Waals surface area contributed by atoms with E-state index in [0.717, 1.165) is 0 Å². The number of amides is 1. The van der Waals surface area contributed by atoms with Crippen LogP contribution in [0.25, 0.3) is 0 Å². The standard InChI is InChI=1S/C13H15N5O/c1-10(18(7-5-14)8-6-15)13(19)17-12-4-2-3-11(16)9-12/h2-4,9-10H,7-8,16H2,1H3,(H,17,19). The molecule has 0 fully saturated rings. The van der Waals surface area contributed by atoms with Crippen LogP contribution in [0.4, 0.5) is 11.4 Å². The number of hydrogen-bond donors (Lipinski definition) is 2. The number of rotatable bonds is 5. The molecule has 19 heavy (non-hydrogen) atoms. The molecule has 0 aliphatic carbocycles. The fourth-order valence-electron chi connectivity index (χ4n) is 1.54. The summed E-state index contributed by atoms with van der Waals surface area (Å²) >= 11 is 0. The third-order valence-electron chi connectivity index (χ3n) is 2.63. The molecular formula is C13H15N5O. The number of anilines is 2. The highest BCUT2D eigenvalue weighted by Crippen LogP contribution is 2.12. The lowest BCUT2D eigenvalue weighted by atomic mass is 10.2. The van der Waals surface area contributed by atoms with Gasteiger partial charge in [0.25, 0.3) is 0 Å². The third kappa shape index (κ3) is 4.30. The molecule has 0 aliphatic heterocycles. The molecule has 6 nitrogen and oxygen atoms in total. The maximum atomic E-state index is 12.0. The molecule has 1 aromatic carbocycles. The van der Waals surface area contributed by atoms with Gasteiger partial charge in [-0.15, -0.1) is 0 Å². The average Bonchev–Trinajstić information content (AvgIpc) is 2.37. The van der Waals surface area contributed by atoms with Crippen molar-refractivity contribution in [3.05, 3.63) is 24.3 Å². The number of carbonyl (C=O) groups excluding carboxylic acids is 1. The van der Waals surface area contributed by atoms with Crippen molar-refractivity contribution in [3.8, 4) is 12.1 Å². The van der Waals surface area contributed by atoms with Gasteiger partial charge < -0.3 is 11.1 Å². The number of nitrogens with two attached hydrogens (primary N) is 1. The Kier molecular flexibility index (Phi) is 5.34. The fraction of sp³-hybridized carbons (Fsp3) is 0.308. The van der Waals surface area contributed by atoms with E-state index in [2.05, 4.69) is 5.32 Å². The maximum absolute atomic E-state index is 12.0. The smallest absolute Gasteiger partial charge is 0.241 e. The van der Waals surface area contributed by atoms with Gasteiger partial charge in [-0.05, 0) is 25.1 Å². The molecule has 1 rings (SSSR count). The van der Waals surface area contributed by atoms with Gasteiger partial charge in [0.2, 0.25) is 5.91 Å². The quantitative estimate of drug-likeness (QED) is 0.603. The zero-order valence-corrected chi connectivity index (χ0v) is 10.6. The van der Waals surface area contributed by atoms with Crippen LogP contribution in [0, 0.1) is 22.7 Å². The highest BCUT2D eigenvalue weighted by atomic mass is 16.2. The molecule has 98 valence electrons. The Bertz CT molecular complexity index is 513. The molecule has 0 aromatic heterocycles. The highest BCUT2D eigenvalue weighted by Gasteiger charge is 2.20. The minimum atomic E-state index is -0.569. The van der Waals surface area contributed by atoms with Crippen LogP contribution >= 0.6 is 0 Å². The van der Waals surface area contributed by atoms with Crippen molar-refractivity contribution in [2.45, 2.75) is 13.0 Å². The average molecular weight is 257 g/mol. The maximum Gasteiger partial charge on any atom is 0.241 e. The number of hydrogen-bond acceptors (Lipinski definition) is 5. The Balaban J connectivity index is 2.71. The Labute approximate surface area is 112 Å². The topological polar surface area (TPSA) is 106 Å². The van der Waals surface area contributed by atoms with E-state index in [0.29, 0.717) is 11.4 Å². The SMILES string of the molecule is CC(C(=O)Nc1cccc(N)c1)N(CC#N)CC#N. The Morgan fingerprint density at radius 3 is 2.58 bits per heavy atom. The van der Waals surface area contributed by atoms with Gasteiger partial charge in [0.05, 0.1) is 31.3 Å². The minimum Gasteiger partial charge on any atom is -0.399 e. The van der Waals surface area contributed by atoms with Gasteiger partial charge in [0.1, 0.15) is 0 Å². The van der Waals surface area contributed by atoms with Gasteiger partial charge >= 0.3 is 0 Å². The molecule has 0 saturated carbocycles. The van der Waals surface area contributed by atoms with E-state index in [9.17, 15) is 4.79 Å². The van der Waals surface area contributed by atoms with Crippen molar-refractivity contribution in [1.82, 2.24) is 4.90 Å². The molecule has 6 heteroatoms. The number of benzene rings is 1. The molecule has 1 aromatic rings. The molecule has 3 N–H and O–H groups in total. The van der Waals surface area contributed by atoms with Crippen LogP contribution in [0.5, 0.6) is 0 Å².